The fourth-order valence-electron chi connectivity index (χ4n) is 5.92. The normalized spacial score (nSPS) is 15.8. The fraction of sp³-hybridized carbons (Fsp3) is 0.312. The van der Waals surface area contributed by atoms with Gasteiger partial charge in [-0.15, -0.1) is 0 Å². The second-order valence-electron chi connectivity index (χ2n) is 10.2. The van der Waals surface area contributed by atoms with Gasteiger partial charge in [0.15, 0.2) is 0 Å². The minimum Gasteiger partial charge on any atom is -0.485 e. The number of benzene rings is 3. The quantitative estimate of drug-likeness (QED) is 0.249. The molecule has 3 N–H and O–H groups in total. The van der Waals surface area contributed by atoms with E-state index in [1.54, 1.807) is 20.4 Å². The number of nitrogen functional groups attached to an aromatic ring is 1. The van der Waals surface area contributed by atoms with Gasteiger partial charge in [-0.05, 0) is 65.1 Å². The zero-order chi connectivity index (χ0) is 27.4. The summed E-state index contributed by atoms with van der Waals surface area (Å²) in [5.41, 5.74) is 11.1. The second-order valence-corrected chi connectivity index (χ2v) is 10.2. The van der Waals surface area contributed by atoms with Gasteiger partial charge in [0.25, 0.3) is 0 Å². The number of hydrogen-bond acceptors (Lipinski definition) is 6. The van der Waals surface area contributed by atoms with E-state index in [0.29, 0.717) is 30.3 Å². The standard InChI is InChI=1S/C32H34N2O5/c1-37-16-13-32(14-17-38-2)20-29(39-28-9-4-3-6-22(28)19-30(35)36)26-18-21(10-11-27(26)32)23-7-5-8-25-24(23)12-15-34-31(25)33/h3-12,15,18,29H,13-14,16-17,19-20H2,1-2H3,(H2,33,34)(H,35,36). The molecule has 0 radical (unpaired) electrons. The first-order valence-corrected chi connectivity index (χ1v) is 13.2. The smallest absolute Gasteiger partial charge is 0.307 e. The number of methoxy groups -OCH3 is 2. The molecule has 1 aromatic heterocycles. The topological polar surface area (TPSA) is 104 Å². The van der Waals surface area contributed by atoms with Crippen LogP contribution in [0.15, 0.2) is 72.9 Å². The van der Waals surface area contributed by atoms with Gasteiger partial charge in [-0.1, -0.05) is 48.5 Å². The summed E-state index contributed by atoms with van der Waals surface area (Å²) in [6, 6.07) is 22.1. The van der Waals surface area contributed by atoms with Crippen LogP contribution in [0.1, 0.15) is 42.1 Å². The molecule has 0 aliphatic heterocycles. The minimum absolute atomic E-state index is 0.0975. The Bertz CT molecular complexity index is 1480. The number of carboxylic acids is 1. The van der Waals surface area contributed by atoms with Crippen LogP contribution >= 0.6 is 0 Å². The van der Waals surface area contributed by atoms with Crippen molar-refractivity contribution in [2.24, 2.45) is 0 Å². The molecule has 1 unspecified atom stereocenters. The second kappa shape index (κ2) is 11.4. The number of ether oxygens (including phenoxy) is 3. The van der Waals surface area contributed by atoms with Gasteiger partial charge in [0.05, 0.1) is 6.42 Å². The number of pyridine rings is 1. The number of para-hydroxylation sites is 1. The summed E-state index contributed by atoms with van der Waals surface area (Å²) < 4.78 is 17.7. The maximum Gasteiger partial charge on any atom is 0.307 e. The van der Waals surface area contributed by atoms with E-state index in [-0.39, 0.29) is 17.9 Å². The van der Waals surface area contributed by atoms with Gasteiger partial charge >= 0.3 is 5.97 Å². The van der Waals surface area contributed by atoms with E-state index in [1.165, 1.54) is 5.56 Å². The number of hydrogen-bond donors (Lipinski definition) is 2. The Morgan fingerprint density at radius 1 is 1.00 bits per heavy atom. The lowest BCUT2D eigenvalue weighted by atomic mass is 9.76. The highest BCUT2D eigenvalue weighted by Crippen LogP contribution is 2.52. The van der Waals surface area contributed by atoms with Crippen LogP contribution in [-0.2, 0) is 26.1 Å². The Morgan fingerprint density at radius 2 is 1.77 bits per heavy atom. The highest BCUT2D eigenvalue weighted by atomic mass is 16.5. The number of fused-ring (bicyclic) bond motifs is 2. The van der Waals surface area contributed by atoms with Crippen LogP contribution in [0.5, 0.6) is 5.75 Å². The van der Waals surface area contributed by atoms with Crippen molar-refractivity contribution in [2.45, 2.75) is 37.2 Å². The van der Waals surface area contributed by atoms with Gasteiger partial charge in [0.1, 0.15) is 17.7 Å². The SMILES string of the molecule is COCCC1(CCOC)CC(Oc2ccccc2CC(=O)O)c2cc(-c3cccc4c(N)nccc34)ccc21. The largest absolute Gasteiger partial charge is 0.485 e. The highest BCUT2D eigenvalue weighted by molar-refractivity contribution is 6.01. The summed E-state index contributed by atoms with van der Waals surface area (Å²) in [5.74, 6) is 0.212. The van der Waals surface area contributed by atoms with Crippen molar-refractivity contribution in [3.05, 3.63) is 89.6 Å². The van der Waals surface area contributed by atoms with Crippen LogP contribution in [0.25, 0.3) is 21.9 Å². The molecule has 5 rings (SSSR count). The molecule has 1 aliphatic carbocycles. The zero-order valence-corrected chi connectivity index (χ0v) is 22.4. The molecule has 1 atom stereocenters. The number of aromatic nitrogens is 1. The van der Waals surface area contributed by atoms with Crippen molar-refractivity contribution in [1.82, 2.24) is 4.98 Å². The molecule has 4 aromatic rings. The number of anilines is 1. The lowest BCUT2D eigenvalue weighted by Gasteiger charge is -2.30. The van der Waals surface area contributed by atoms with E-state index in [2.05, 4.69) is 29.2 Å². The van der Waals surface area contributed by atoms with Gasteiger partial charge in [-0.2, -0.15) is 0 Å². The Kier molecular flexibility index (Phi) is 7.82. The van der Waals surface area contributed by atoms with Crippen LogP contribution in [0.4, 0.5) is 5.82 Å². The van der Waals surface area contributed by atoms with Crippen LogP contribution in [0.3, 0.4) is 0 Å². The van der Waals surface area contributed by atoms with E-state index in [1.807, 2.05) is 42.5 Å². The lowest BCUT2D eigenvalue weighted by Crippen LogP contribution is -2.27. The fourth-order valence-corrected chi connectivity index (χ4v) is 5.92. The van der Waals surface area contributed by atoms with E-state index in [4.69, 9.17) is 19.9 Å². The molecule has 0 fully saturated rings. The molecule has 7 nitrogen and oxygen atoms in total. The third-order valence-corrected chi connectivity index (χ3v) is 7.85. The monoisotopic (exact) mass is 526 g/mol. The van der Waals surface area contributed by atoms with Gasteiger partial charge in [-0.25, -0.2) is 4.98 Å². The van der Waals surface area contributed by atoms with Crippen molar-refractivity contribution >= 4 is 22.6 Å². The van der Waals surface area contributed by atoms with Crippen LogP contribution in [-0.4, -0.2) is 43.5 Å². The van der Waals surface area contributed by atoms with Crippen molar-refractivity contribution in [3.63, 3.8) is 0 Å². The number of aliphatic carboxylic acids is 1. The van der Waals surface area contributed by atoms with Crippen molar-refractivity contribution in [2.75, 3.05) is 33.2 Å². The number of carboxylic acid groups (broad SMARTS) is 1. The average molecular weight is 527 g/mol. The average Bonchev–Trinajstić information content (AvgIpc) is 3.24. The number of nitrogens with two attached hydrogens (primary N) is 1. The lowest BCUT2D eigenvalue weighted by molar-refractivity contribution is -0.136. The first-order valence-electron chi connectivity index (χ1n) is 13.2. The Labute approximate surface area is 228 Å². The summed E-state index contributed by atoms with van der Waals surface area (Å²) in [6.07, 6.45) is 3.77. The first-order chi connectivity index (χ1) is 19.0. The van der Waals surface area contributed by atoms with Crippen molar-refractivity contribution < 1.29 is 24.1 Å². The van der Waals surface area contributed by atoms with Crippen LogP contribution in [0.2, 0.25) is 0 Å². The molecular weight excluding hydrogens is 492 g/mol. The van der Waals surface area contributed by atoms with Crippen molar-refractivity contribution in [1.29, 1.82) is 0 Å². The molecule has 1 aliphatic rings. The summed E-state index contributed by atoms with van der Waals surface area (Å²) in [5, 5.41) is 11.4. The molecule has 0 saturated carbocycles. The molecule has 0 amide bonds. The zero-order valence-electron chi connectivity index (χ0n) is 22.4. The van der Waals surface area contributed by atoms with Crippen LogP contribution < -0.4 is 10.5 Å². The van der Waals surface area contributed by atoms with Crippen molar-refractivity contribution in [3.8, 4) is 16.9 Å². The summed E-state index contributed by atoms with van der Waals surface area (Å²) >= 11 is 0. The molecule has 0 saturated heterocycles. The predicted octanol–water partition coefficient (Wildman–Crippen LogP) is 5.95. The molecule has 7 heteroatoms. The van der Waals surface area contributed by atoms with Gasteiger partial charge in [-0.3, -0.25) is 4.79 Å². The Balaban J connectivity index is 1.63. The molecule has 39 heavy (non-hydrogen) atoms. The minimum atomic E-state index is -0.889. The Morgan fingerprint density at radius 3 is 2.51 bits per heavy atom. The summed E-state index contributed by atoms with van der Waals surface area (Å²) in [6.45, 7) is 1.23. The summed E-state index contributed by atoms with van der Waals surface area (Å²) in [7, 11) is 3.44. The van der Waals surface area contributed by atoms with Crippen LogP contribution in [0, 0.1) is 0 Å². The van der Waals surface area contributed by atoms with E-state index in [0.717, 1.165) is 46.7 Å². The van der Waals surface area contributed by atoms with E-state index < -0.39 is 5.97 Å². The highest BCUT2D eigenvalue weighted by Gasteiger charge is 2.44. The van der Waals surface area contributed by atoms with E-state index >= 15 is 0 Å². The first kappa shape index (κ1) is 26.7. The summed E-state index contributed by atoms with van der Waals surface area (Å²) in [4.78, 5) is 15.8. The van der Waals surface area contributed by atoms with Gasteiger partial charge < -0.3 is 25.1 Å². The molecule has 0 spiro atoms. The molecule has 0 bridgehead atoms. The van der Waals surface area contributed by atoms with Gasteiger partial charge in [0, 0.05) is 50.0 Å². The maximum atomic E-state index is 11.5. The molecule has 3 aromatic carbocycles. The van der Waals surface area contributed by atoms with Gasteiger partial charge in [0.2, 0.25) is 0 Å². The third-order valence-electron chi connectivity index (χ3n) is 7.85. The Hall–Kier alpha value is -3.94. The molecule has 202 valence electrons. The molecule has 1 heterocycles. The van der Waals surface area contributed by atoms with E-state index in [9.17, 15) is 9.90 Å². The number of rotatable bonds is 11. The number of carbonyl (C=O) groups is 1. The number of nitrogens with zero attached hydrogens (tertiary/aromatic N) is 1. The third kappa shape index (κ3) is 5.33. The maximum absolute atomic E-state index is 11.5. The molecular formula is C32H34N2O5. The predicted molar refractivity (Wildman–Crippen MR) is 152 cm³/mol.